The molecule has 1 aromatic heterocycles. The van der Waals surface area contributed by atoms with Crippen LogP contribution in [0.25, 0.3) is 12.2 Å². The van der Waals surface area contributed by atoms with Crippen molar-refractivity contribution < 1.29 is 4.57 Å². The van der Waals surface area contributed by atoms with Crippen LogP contribution in [0.2, 0.25) is 0 Å². The number of pyridine rings is 1. The van der Waals surface area contributed by atoms with Crippen LogP contribution in [0.1, 0.15) is 25.1 Å². The first kappa shape index (κ1) is 14.3. The van der Waals surface area contributed by atoms with Crippen LogP contribution in [-0.2, 0) is 7.05 Å². The maximum Gasteiger partial charge on any atom is 0.207 e. The van der Waals surface area contributed by atoms with Crippen LogP contribution < -0.4 is 9.47 Å². The van der Waals surface area contributed by atoms with Crippen LogP contribution in [-0.4, -0.2) is 13.1 Å². The molecule has 0 aliphatic heterocycles. The lowest BCUT2D eigenvalue weighted by molar-refractivity contribution is -0.673. The minimum Gasteiger partial charge on any atom is -0.372 e. The molecule has 20 heavy (non-hydrogen) atoms. The topological polar surface area (TPSA) is 7.12 Å². The zero-order valence-electron chi connectivity index (χ0n) is 12.6. The summed E-state index contributed by atoms with van der Waals surface area (Å²) in [6, 6.07) is 14.8. The van der Waals surface area contributed by atoms with Crippen LogP contribution in [0.3, 0.4) is 0 Å². The zero-order valence-corrected chi connectivity index (χ0v) is 12.6. The molecular formula is C18H23N2+. The molecule has 0 unspecified atom stereocenters. The summed E-state index contributed by atoms with van der Waals surface area (Å²) in [5, 5.41) is 0. The van der Waals surface area contributed by atoms with E-state index in [9.17, 15) is 0 Å². The van der Waals surface area contributed by atoms with E-state index in [4.69, 9.17) is 0 Å². The summed E-state index contributed by atoms with van der Waals surface area (Å²) >= 11 is 0. The molecule has 0 atom stereocenters. The fourth-order valence-corrected chi connectivity index (χ4v) is 2.27. The minimum atomic E-state index is 1.03. The number of hydrogen-bond donors (Lipinski definition) is 0. The van der Waals surface area contributed by atoms with E-state index in [-0.39, 0.29) is 0 Å². The lowest BCUT2D eigenvalue weighted by Gasteiger charge is -2.20. The van der Waals surface area contributed by atoms with Gasteiger partial charge in [0.25, 0.3) is 0 Å². The Morgan fingerprint density at radius 1 is 1.00 bits per heavy atom. The summed E-state index contributed by atoms with van der Waals surface area (Å²) < 4.78 is 2.15. The van der Waals surface area contributed by atoms with E-state index in [2.05, 4.69) is 85.1 Å². The van der Waals surface area contributed by atoms with Crippen molar-refractivity contribution in [2.24, 2.45) is 7.05 Å². The summed E-state index contributed by atoms with van der Waals surface area (Å²) in [6.07, 6.45) is 6.45. The van der Waals surface area contributed by atoms with E-state index in [1.165, 1.54) is 16.9 Å². The fourth-order valence-electron chi connectivity index (χ4n) is 2.27. The van der Waals surface area contributed by atoms with E-state index in [1.54, 1.807) is 0 Å². The highest BCUT2D eigenvalue weighted by atomic mass is 15.1. The molecule has 0 saturated carbocycles. The second-order valence-corrected chi connectivity index (χ2v) is 4.84. The van der Waals surface area contributed by atoms with Gasteiger partial charge in [-0.1, -0.05) is 30.3 Å². The molecule has 0 N–H and O–H groups in total. The van der Waals surface area contributed by atoms with Crippen molar-refractivity contribution in [2.75, 3.05) is 18.0 Å². The van der Waals surface area contributed by atoms with Crippen LogP contribution in [0, 0.1) is 0 Å². The molecule has 0 spiro atoms. The molecule has 1 heterocycles. The zero-order chi connectivity index (χ0) is 14.4. The molecule has 0 aliphatic carbocycles. The Hall–Kier alpha value is -2.09. The predicted molar refractivity (Wildman–Crippen MR) is 86.5 cm³/mol. The van der Waals surface area contributed by atoms with Crippen LogP contribution >= 0.6 is 0 Å². The molecule has 0 amide bonds. The molecule has 0 bridgehead atoms. The van der Waals surface area contributed by atoms with Gasteiger partial charge in [0.15, 0.2) is 6.20 Å². The first-order valence-corrected chi connectivity index (χ1v) is 7.22. The summed E-state index contributed by atoms with van der Waals surface area (Å²) in [6.45, 7) is 6.45. The molecule has 2 heteroatoms. The van der Waals surface area contributed by atoms with Crippen LogP contribution in [0.15, 0.2) is 48.7 Å². The predicted octanol–water partition coefficient (Wildman–Crippen LogP) is 3.53. The Bertz CT molecular complexity index is 569. The highest BCUT2D eigenvalue weighted by molar-refractivity contribution is 5.68. The molecule has 104 valence electrons. The van der Waals surface area contributed by atoms with E-state index in [1.807, 2.05) is 6.07 Å². The maximum absolute atomic E-state index is 2.36. The number of aromatic nitrogens is 1. The summed E-state index contributed by atoms with van der Waals surface area (Å²) in [4.78, 5) is 2.36. The number of anilines is 1. The van der Waals surface area contributed by atoms with Crippen molar-refractivity contribution in [3.8, 4) is 0 Å². The molecule has 1 aromatic carbocycles. The Kier molecular flexibility index (Phi) is 4.94. The van der Waals surface area contributed by atoms with Crippen LogP contribution in [0.5, 0.6) is 0 Å². The quantitative estimate of drug-likeness (QED) is 0.752. The average molecular weight is 267 g/mol. The fraction of sp³-hybridized carbons (Fsp3) is 0.278. The molecule has 2 rings (SSSR count). The van der Waals surface area contributed by atoms with Crippen molar-refractivity contribution in [3.05, 3.63) is 59.9 Å². The summed E-state index contributed by atoms with van der Waals surface area (Å²) in [7, 11) is 2.08. The maximum atomic E-state index is 2.36. The normalized spacial score (nSPS) is 10.9. The summed E-state index contributed by atoms with van der Waals surface area (Å²) in [5.41, 5.74) is 3.71. The van der Waals surface area contributed by atoms with Gasteiger partial charge in [-0.3, -0.25) is 0 Å². The molecule has 0 fully saturated rings. The molecular weight excluding hydrogens is 244 g/mol. The first-order chi connectivity index (χ1) is 9.74. The molecule has 0 aliphatic rings. The number of aryl methyl sites for hydroxylation is 1. The second-order valence-electron chi connectivity index (χ2n) is 4.84. The Balaban J connectivity index is 2.27. The highest BCUT2D eigenvalue weighted by Crippen LogP contribution is 2.14. The number of rotatable bonds is 5. The van der Waals surface area contributed by atoms with Crippen molar-refractivity contribution in [2.45, 2.75) is 13.8 Å². The van der Waals surface area contributed by atoms with Gasteiger partial charge < -0.3 is 4.90 Å². The lowest BCUT2D eigenvalue weighted by Crippen LogP contribution is -2.32. The van der Waals surface area contributed by atoms with E-state index < -0.39 is 0 Å². The molecule has 0 saturated heterocycles. The van der Waals surface area contributed by atoms with Gasteiger partial charge in [-0.25, -0.2) is 4.57 Å². The van der Waals surface area contributed by atoms with Gasteiger partial charge in [0.05, 0.1) is 0 Å². The second kappa shape index (κ2) is 6.90. The third-order valence-electron chi connectivity index (χ3n) is 3.55. The summed E-state index contributed by atoms with van der Waals surface area (Å²) in [5.74, 6) is 0. The molecule has 2 nitrogen and oxygen atoms in total. The van der Waals surface area contributed by atoms with Gasteiger partial charge in [-0.15, -0.1) is 0 Å². The Morgan fingerprint density at radius 2 is 1.70 bits per heavy atom. The van der Waals surface area contributed by atoms with Crippen molar-refractivity contribution in [3.63, 3.8) is 0 Å². The smallest absolute Gasteiger partial charge is 0.207 e. The van der Waals surface area contributed by atoms with Gasteiger partial charge in [-0.2, -0.15) is 0 Å². The van der Waals surface area contributed by atoms with E-state index >= 15 is 0 Å². The van der Waals surface area contributed by atoms with Gasteiger partial charge in [-0.05, 0) is 25.5 Å². The number of benzene rings is 1. The third kappa shape index (κ3) is 3.47. The standard InChI is InChI=1S/C18H23N2/c1-4-20(5-2)18-13-14-19(3)17(15-18)12-11-16-9-7-6-8-10-16/h6-15H,4-5H2,1-3H3/q+1. The van der Waals surface area contributed by atoms with Gasteiger partial charge in [0, 0.05) is 37.0 Å². The number of hydrogen-bond acceptors (Lipinski definition) is 1. The Labute approximate surface area is 122 Å². The Morgan fingerprint density at radius 3 is 2.35 bits per heavy atom. The average Bonchev–Trinajstić information content (AvgIpc) is 2.49. The monoisotopic (exact) mass is 267 g/mol. The van der Waals surface area contributed by atoms with Gasteiger partial charge in [0.2, 0.25) is 5.69 Å². The van der Waals surface area contributed by atoms with E-state index in [0.29, 0.717) is 0 Å². The molecule has 2 aromatic rings. The minimum absolute atomic E-state index is 1.03. The number of nitrogens with zero attached hydrogens (tertiary/aromatic N) is 2. The van der Waals surface area contributed by atoms with Crippen molar-refractivity contribution in [1.82, 2.24) is 0 Å². The van der Waals surface area contributed by atoms with Gasteiger partial charge >= 0.3 is 0 Å². The van der Waals surface area contributed by atoms with Crippen molar-refractivity contribution >= 4 is 17.8 Å². The SMILES string of the molecule is CCN(CC)c1cc[n+](C)c(C=Cc2ccccc2)c1. The van der Waals surface area contributed by atoms with Gasteiger partial charge in [0.1, 0.15) is 7.05 Å². The van der Waals surface area contributed by atoms with E-state index in [0.717, 1.165) is 13.1 Å². The lowest BCUT2D eigenvalue weighted by atomic mass is 10.2. The third-order valence-corrected chi connectivity index (χ3v) is 3.55. The van der Waals surface area contributed by atoms with Crippen molar-refractivity contribution in [1.29, 1.82) is 0 Å². The van der Waals surface area contributed by atoms with Crippen LogP contribution in [0.4, 0.5) is 5.69 Å². The largest absolute Gasteiger partial charge is 0.372 e. The highest BCUT2D eigenvalue weighted by Gasteiger charge is 2.08. The first-order valence-electron chi connectivity index (χ1n) is 7.22. The molecule has 0 radical (unpaired) electrons.